The van der Waals surface area contributed by atoms with E-state index in [1.54, 1.807) is 7.11 Å². The molecule has 1 atom stereocenters. The number of Topliss-reactive ketones (excluding diaryl/α,β-unsaturated/α-hetero) is 1. The van der Waals surface area contributed by atoms with Crippen molar-refractivity contribution in [1.29, 1.82) is 0 Å². The maximum absolute atomic E-state index is 13.3. The number of nitrogens with zero attached hydrogens (tertiary/aromatic N) is 3. The average molecular weight is 476 g/mol. The first-order valence-electron chi connectivity index (χ1n) is 11.6. The van der Waals surface area contributed by atoms with Crippen molar-refractivity contribution >= 4 is 28.6 Å². The number of aromatic nitrogens is 3. The number of methoxy groups -OCH3 is 1. The second kappa shape index (κ2) is 9.68. The number of carbonyl (C=O) groups excluding carboxylic acids is 1. The topological polar surface area (TPSA) is 58.3 Å². The van der Waals surface area contributed by atoms with Crippen LogP contribution in [0.1, 0.15) is 34.6 Å². The zero-order valence-electron chi connectivity index (χ0n) is 19.8. The molecule has 5 rings (SSSR count). The van der Waals surface area contributed by atoms with Crippen molar-refractivity contribution in [3.8, 4) is 11.4 Å². The van der Waals surface area contributed by atoms with E-state index in [2.05, 4.69) is 22.1 Å². The molecule has 0 bridgehead atoms. The number of aryl methyl sites for hydroxylation is 1. The number of hydrogen-bond donors (Lipinski definition) is 0. The Morgan fingerprint density at radius 2 is 1.97 bits per heavy atom. The first kappa shape index (κ1) is 22.7. The quantitative estimate of drug-likeness (QED) is 0.245. The van der Waals surface area contributed by atoms with Gasteiger partial charge in [0.15, 0.2) is 10.9 Å². The van der Waals surface area contributed by atoms with Crippen molar-refractivity contribution in [3.05, 3.63) is 71.5 Å². The number of carbonyl (C=O) groups is 1. The van der Waals surface area contributed by atoms with Crippen LogP contribution in [0, 0.1) is 13.8 Å². The molecular weight excluding hydrogens is 446 g/mol. The third kappa shape index (κ3) is 4.38. The number of fused-ring (bicyclic) bond motifs is 1. The fourth-order valence-electron chi connectivity index (χ4n) is 4.65. The van der Waals surface area contributed by atoms with Gasteiger partial charge in [-0.15, -0.1) is 0 Å². The smallest absolute Gasteiger partial charge is 0.175 e. The Morgan fingerprint density at radius 1 is 1.18 bits per heavy atom. The third-order valence-corrected chi connectivity index (χ3v) is 7.42. The molecule has 1 aliphatic heterocycles. The monoisotopic (exact) mass is 475 g/mol. The molecule has 34 heavy (non-hydrogen) atoms. The standard InChI is InChI=1S/C27H29N3O3S/c1-18-15-23(19(2)29(18)16-22-7-6-14-33-22)26(31)17-34-27-28-24-8-4-5-9-25(24)30(27)20-10-12-21(32-3)13-11-20/h4-5,8-13,15,22H,6-7,14,16-17H2,1-3H3/t22-/m0/s1. The Bertz CT molecular complexity index is 1320. The minimum Gasteiger partial charge on any atom is -0.497 e. The lowest BCUT2D eigenvalue weighted by molar-refractivity contribution is 0.0957. The molecular formula is C27H29N3O3S. The summed E-state index contributed by atoms with van der Waals surface area (Å²) >= 11 is 1.47. The van der Waals surface area contributed by atoms with E-state index in [-0.39, 0.29) is 11.9 Å². The molecule has 4 aromatic rings. The van der Waals surface area contributed by atoms with E-state index in [1.165, 1.54) is 11.8 Å². The van der Waals surface area contributed by atoms with Crippen LogP contribution in [0.2, 0.25) is 0 Å². The Balaban J connectivity index is 1.39. The van der Waals surface area contributed by atoms with Crippen LogP contribution >= 0.6 is 11.8 Å². The molecule has 0 unspecified atom stereocenters. The van der Waals surface area contributed by atoms with Crippen LogP contribution in [0.25, 0.3) is 16.7 Å². The molecule has 3 heterocycles. The molecule has 1 aliphatic rings. The van der Waals surface area contributed by atoms with Crippen molar-refractivity contribution in [2.24, 2.45) is 0 Å². The van der Waals surface area contributed by atoms with Gasteiger partial charge in [-0.2, -0.15) is 0 Å². The van der Waals surface area contributed by atoms with E-state index in [4.69, 9.17) is 14.5 Å². The molecule has 6 nitrogen and oxygen atoms in total. The molecule has 0 radical (unpaired) electrons. The summed E-state index contributed by atoms with van der Waals surface area (Å²) in [4.78, 5) is 18.1. The maximum atomic E-state index is 13.3. The molecule has 7 heteroatoms. The van der Waals surface area contributed by atoms with E-state index < -0.39 is 0 Å². The van der Waals surface area contributed by atoms with E-state index >= 15 is 0 Å². The zero-order chi connectivity index (χ0) is 23.7. The highest BCUT2D eigenvalue weighted by Gasteiger charge is 2.22. The zero-order valence-corrected chi connectivity index (χ0v) is 20.6. The van der Waals surface area contributed by atoms with E-state index in [0.717, 1.165) is 70.6 Å². The van der Waals surface area contributed by atoms with Gasteiger partial charge in [0.05, 0.1) is 30.0 Å². The third-order valence-electron chi connectivity index (χ3n) is 6.48. The Morgan fingerprint density at radius 3 is 2.71 bits per heavy atom. The molecule has 0 spiro atoms. The summed E-state index contributed by atoms with van der Waals surface area (Å²) in [5.74, 6) is 1.24. The summed E-state index contributed by atoms with van der Waals surface area (Å²) in [7, 11) is 1.66. The molecule has 2 aromatic carbocycles. The van der Waals surface area contributed by atoms with Crippen LogP contribution in [0.4, 0.5) is 0 Å². The number of ether oxygens (including phenoxy) is 2. The van der Waals surface area contributed by atoms with Crippen molar-refractivity contribution in [2.75, 3.05) is 19.5 Å². The first-order chi connectivity index (χ1) is 16.5. The van der Waals surface area contributed by atoms with Crippen LogP contribution in [0.5, 0.6) is 5.75 Å². The highest BCUT2D eigenvalue weighted by atomic mass is 32.2. The molecule has 2 aromatic heterocycles. The van der Waals surface area contributed by atoms with Crippen LogP contribution in [-0.4, -0.2) is 45.5 Å². The lowest BCUT2D eigenvalue weighted by Crippen LogP contribution is -2.17. The van der Waals surface area contributed by atoms with Gasteiger partial charge in [0.2, 0.25) is 0 Å². The number of ketones is 1. The predicted octanol–water partition coefficient (Wildman–Crippen LogP) is 5.61. The van der Waals surface area contributed by atoms with Crippen LogP contribution in [0.3, 0.4) is 0 Å². The van der Waals surface area contributed by atoms with Gasteiger partial charge < -0.3 is 14.0 Å². The van der Waals surface area contributed by atoms with Gasteiger partial charge >= 0.3 is 0 Å². The predicted molar refractivity (Wildman–Crippen MR) is 136 cm³/mol. The summed E-state index contributed by atoms with van der Waals surface area (Å²) in [6.07, 6.45) is 2.44. The lowest BCUT2D eigenvalue weighted by Gasteiger charge is -2.14. The van der Waals surface area contributed by atoms with Crippen LogP contribution in [-0.2, 0) is 11.3 Å². The van der Waals surface area contributed by atoms with Crippen molar-refractivity contribution < 1.29 is 14.3 Å². The fourth-order valence-corrected chi connectivity index (χ4v) is 5.56. The van der Waals surface area contributed by atoms with Gasteiger partial charge in [0.1, 0.15) is 5.75 Å². The van der Waals surface area contributed by atoms with E-state index in [9.17, 15) is 4.79 Å². The SMILES string of the molecule is COc1ccc(-n2c(SCC(=O)c3cc(C)n(C[C@@H]4CCCO4)c3C)nc3ccccc32)cc1. The highest BCUT2D eigenvalue weighted by molar-refractivity contribution is 7.99. The number of thioether (sulfide) groups is 1. The minimum atomic E-state index is 0.116. The Kier molecular flexibility index (Phi) is 6.48. The Hall–Kier alpha value is -3.03. The lowest BCUT2D eigenvalue weighted by atomic mass is 10.2. The number of hydrogen-bond acceptors (Lipinski definition) is 5. The van der Waals surface area contributed by atoms with E-state index in [1.807, 2.05) is 55.5 Å². The second-order valence-electron chi connectivity index (χ2n) is 8.66. The summed E-state index contributed by atoms with van der Waals surface area (Å²) in [5, 5.41) is 0.799. The molecule has 1 fully saturated rings. The molecule has 1 saturated heterocycles. The summed E-state index contributed by atoms with van der Waals surface area (Å²) < 4.78 is 15.5. The number of para-hydroxylation sites is 2. The van der Waals surface area contributed by atoms with E-state index in [0.29, 0.717) is 5.75 Å². The summed E-state index contributed by atoms with van der Waals surface area (Å²) in [6, 6.07) is 18.0. The van der Waals surface area contributed by atoms with Gasteiger partial charge in [-0.25, -0.2) is 4.98 Å². The van der Waals surface area contributed by atoms with Crippen molar-refractivity contribution in [2.45, 2.75) is 44.5 Å². The molecule has 0 aliphatic carbocycles. The molecule has 176 valence electrons. The van der Waals surface area contributed by atoms with Gasteiger partial charge in [-0.05, 0) is 69.2 Å². The fraction of sp³-hybridized carbons (Fsp3) is 0.333. The van der Waals surface area contributed by atoms with Gasteiger partial charge in [0, 0.05) is 35.8 Å². The molecule has 0 saturated carbocycles. The number of rotatable bonds is 8. The first-order valence-corrected chi connectivity index (χ1v) is 12.6. The van der Waals surface area contributed by atoms with Crippen molar-refractivity contribution in [1.82, 2.24) is 14.1 Å². The largest absolute Gasteiger partial charge is 0.497 e. The molecule has 0 amide bonds. The van der Waals surface area contributed by atoms with Crippen LogP contribution < -0.4 is 4.74 Å². The summed E-state index contributed by atoms with van der Waals surface area (Å²) in [6.45, 7) is 5.74. The Labute approximate surface area is 203 Å². The van der Waals surface area contributed by atoms with Gasteiger partial charge in [-0.3, -0.25) is 9.36 Å². The second-order valence-corrected chi connectivity index (χ2v) is 9.60. The number of benzene rings is 2. The molecule has 0 N–H and O–H groups in total. The average Bonchev–Trinajstić information content (AvgIpc) is 3.57. The van der Waals surface area contributed by atoms with Gasteiger partial charge in [-0.1, -0.05) is 23.9 Å². The van der Waals surface area contributed by atoms with Crippen LogP contribution in [0.15, 0.2) is 59.8 Å². The highest BCUT2D eigenvalue weighted by Crippen LogP contribution is 2.30. The maximum Gasteiger partial charge on any atom is 0.175 e. The van der Waals surface area contributed by atoms with Gasteiger partial charge in [0.25, 0.3) is 0 Å². The normalized spacial score (nSPS) is 15.8. The minimum absolute atomic E-state index is 0.116. The summed E-state index contributed by atoms with van der Waals surface area (Å²) in [5.41, 5.74) is 5.81. The van der Waals surface area contributed by atoms with Crippen molar-refractivity contribution in [3.63, 3.8) is 0 Å². The number of imidazole rings is 1.